The first-order chi connectivity index (χ1) is 16.3. The molecule has 0 atom stereocenters. The zero-order valence-electron chi connectivity index (χ0n) is 19.3. The number of urea groups is 1. The number of nitrogens with zero attached hydrogens (tertiary/aromatic N) is 2. The lowest BCUT2D eigenvalue weighted by Gasteiger charge is -2.12. The van der Waals surface area contributed by atoms with Gasteiger partial charge in [-0.25, -0.2) is 9.48 Å². The van der Waals surface area contributed by atoms with Crippen molar-refractivity contribution in [2.45, 2.75) is 46.3 Å². The number of aryl methyl sites for hydroxylation is 1. The molecule has 0 radical (unpaired) electrons. The first kappa shape index (κ1) is 24.4. The number of rotatable bonds is 7. The molecule has 10 nitrogen and oxygen atoms in total. The Morgan fingerprint density at radius 2 is 1.59 bits per heavy atom. The highest BCUT2D eigenvalue weighted by Crippen LogP contribution is 2.13. The molecule has 10 heteroatoms. The lowest BCUT2D eigenvalue weighted by Crippen LogP contribution is -2.42. The highest BCUT2D eigenvalue weighted by atomic mass is 16.2. The molecule has 0 aliphatic rings. The van der Waals surface area contributed by atoms with Gasteiger partial charge in [0.2, 0.25) is 0 Å². The van der Waals surface area contributed by atoms with Crippen LogP contribution in [0.25, 0.3) is 10.8 Å². The number of aromatic nitrogens is 2. The van der Waals surface area contributed by atoms with Crippen LogP contribution in [0.1, 0.15) is 53.6 Å². The Kier molecular flexibility index (Phi) is 7.96. The maximum absolute atomic E-state index is 12.8. The van der Waals surface area contributed by atoms with Crippen LogP contribution in [0.5, 0.6) is 0 Å². The van der Waals surface area contributed by atoms with Gasteiger partial charge < -0.3 is 10.6 Å². The molecular formula is C24H28N6O4. The van der Waals surface area contributed by atoms with E-state index < -0.39 is 11.8 Å². The predicted molar refractivity (Wildman–Crippen MR) is 128 cm³/mol. The van der Waals surface area contributed by atoms with Crippen LogP contribution < -0.4 is 27.0 Å². The van der Waals surface area contributed by atoms with Crippen LogP contribution in [-0.2, 0) is 13.1 Å². The second kappa shape index (κ2) is 11.1. The van der Waals surface area contributed by atoms with E-state index in [4.69, 9.17) is 0 Å². The van der Waals surface area contributed by atoms with Crippen LogP contribution in [-0.4, -0.2) is 33.7 Å². The van der Waals surface area contributed by atoms with E-state index in [1.54, 1.807) is 48.5 Å². The zero-order valence-corrected chi connectivity index (χ0v) is 19.3. The summed E-state index contributed by atoms with van der Waals surface area (Å²) in [6.45, 7) is 6.32. The van der Waals surface area contributed by atoms with Gasteiger partial charge in [-0.1, -0.05) is 37.3 Å². The van der Waals surface area contributed by atoms with Crippen molar-refractivity contribution < 1.29 is 14.4 Å². The Hall–Kier alpha value is -4.21. The fourth-order valence-corrected chi connectivity index (χ4v) is 3.28. The molecular weight excluding hydrogens is 436 g/mol. The summed E-state index contributed by atoms with van der Waals surface area (Å²) in [6.07, 6.45) is 0.678. The summed E-state index contributed by atoms with van der Waals surface area (Å²) in [5.74, 6) is -1.15. The molecule has 178 valence electrons. The van der Waals surface area contributed by atoms with Crippen molar-refractivity contribution in [1.29, 1.82) is 0 Å². The molecule has 0 fully saturated rings. The third-order valence-corrected chi connectivity index (χ3v) is 4.90. The summed E-state index contributed by atoms with van der Waals surface area (Å²) in [5, 5.41) is 10.5. The van der Waals surface area contributed by atoms with Gasteiger partial charge >= 0.3 is 6.03 Å². The van der Waals surface area contributed by atoms with Crippen molar-refractivity contribution in [2.24, 2.45) is 0 Å². The van der Waals surface area contributed by atoms with Crippen molar-refractivity contribution in [3.8, 4) is 0 Å². The molecule has 0 bridgehead atoms. The summed E-state index contributed by atoms with van der Waals surface area (Å²) < 4.78 is 1.26. The second-order valence-corrected chi connectivity index (χ2v) is 8.01. The van der Waals surface area contributed by atoms with E-state index >= 15 is 0 Å². The minimum atomic E-state index is -0.633. The van der Waals surface area contributed by atoms with Crippen molar-refractivity contribution in [3.05, 3.63) is 75.7 Å². The molecule has 4 amide bonds. The van der Waals surface area contributed by atoms with E-state index in [9.17, 15) is 19.2 Å². The van der Waals surface area contributed by atoms with Gasteiger partial charge in [-0.15, -0.1) is 0 Å². The van der Waals surface area contributed by atoms with Crippen molar-refractivity contribution in [1.82, 2.24) is 31.3 Å². The molecule has 0 saturated carbocycles. The van der Waals surface area contributed by atoms with Crippen LogP contribution in [0.4, 0.5) is 4.79 Å². The minimum absolute atomic E-state index is 0.0320. The number of hydrogen-bond acceptors (Lipinski definition) is 5. The van der Waals surface area contributed by atoms with Crippen LogP contribution in [0.2, 0.25) is 0 Å². The van der Waals surface area contributed by atoms with Crippen molar-refractivity contribution >= 4 is 28.6 Å². The van der Waals surface area contributed by atoms with Crippen LogP contribution >= 0.6 is 0 Å². The number of benzene rings is 2. The van der Waals surface area contributed by atoms with Crippen LogP contribution in [0, 0.1) is 0 Å². The average Bonchev–Trinajstić information content (AvgIpc) is 2.83. The van der Waals surface area contributed by atoms with Gasteiger partial charge in [0.15, 0.2) is 5.69 Å². The van der Waals surface area contributed by atoms with E-state index in [0.29, 0.717) is 35.8 Å². The summed E-state index contributed by atoms with van der Waals surface area (Å²) >= 11 is 0. The van der Waals surface area contributed by atoms with Crippen molar-refractivity contribution in [2.75, 3.05) is 0 Å². The lowest BCUT2D eigenvalue weighted by atomic mass is 10.1. The Morgan fingerprint density at radius 1 is 0.941 bits per heavy atom. The molecule has 0 aliphatic carbocycles. The molecule has 1 heterocycles. The van der Waals surface area contributed by atoms with Gasteiger partial charge in [-0.05, 0) is 44.0 Å². The standard InChI is InChI=1S/C24H28N6O4/c1-4-13-30-23(33)19-8-6-5-7-18(19)20(29-30)22(32)28-27-21(31)17-11-9-16(10-12-17)14-25-24(34)26-15(2)3/h5-12,15H,4,13-14H2,1-3H3,(H,27,31)(H,28,32)(H2,25,26,34). The molecule has 4 N–H and O–H groups in total. The molecule has 2 aromatic carbocycles. The van der Waals surface area contributed by atoms with Crippen molar-refractivity contribution in [3.63, 3.8) is 0 Å². The molecule has 0 aliphatic heterocycles. The van der Waals surface area contributed by atoms with E-state index in [1.807, 2.05) is 20.8 Å². The molecule has 0 unspecified atom stereocenters. The Labute approximate surface area is 196 Å². The van der Waals surface area contributed by atoms with E-state index in [1.165, 1.54) is 4.68 Å². The monoisotopic (exact) mass is 464 g/mol. The van der Waals surface area contributed by atoms with Gasteiger partial charge in [-0.2, -0.15) is 5.10 Å². The van der Waals surface area contributed by atoms with Gasteiger partial charge in [0.1, 0.15) is 0 Å². The summed E-state index contributed by atoms with van der Waals surface area (Å²) in [5.41, 5.74) is 5.66. The van der Waals surface area contributed by atoms with Gasteiger partial charge in [-0.3, -0.25) is 25.2 Å². The normalized spacial score (nSPS) is 10.7. The third kappa shape index (κ3) is 5.97. The maximum atomic E-state index is 12.8. The van der Waals surface area contributed by atoms with Crippen LogP contribution in [0.3, 0.4) is 0 Å². The Morgan fingerprint density at radius 3 is 2.24 bits per heavy atom. The van der Waals surface area contributed by atoms with E-state index in [0.717, 1.165) is 5.56 Å². The lowest BCUT2D eigenvalue weighted by molar-refractivity contribution is 0.0843. The second-order valence-electron chi connectivity index (χ2n) is 8.01. The van der Waals surface area contributed by atoms with Gasteiger partial charge in [0.25, 0.3) is 17.4 Å². The number of nitrogens with one attached hydrogen (secondary N) is 4. The predicted octanol–water partition coefficient (Wildman–Crippen LogP) is 2.09. The van der Waals surface area contributed by atoms with Crippen LogP contribution in [0.15, 0.2) is 53.3 Å². The quantitative estimate of drug-likeness (QED) is 0.397. The first-order valence-corrected chi connectivity index (χ1v) is 11.0. The molecule has 0 saturated heterocycles. The minimum Gasteiger partial charge on any atom is -0.336 e. The fraction of sp³-hybridized carbons (Fsp3) is 0.292. The topological polar surface area (TPSA) is 134 Å². The summed E-state index contributed by atoms with van der Waals surface area (Å²) in [7, 11) is 0. The molecule has 3 rings (SSSR count). The van der Waals surface area contributed by atoms with Gasteiger partial charge in [0, 0.05) is 30.1 Å². The fourth-order valence-electron chi connectivity index (χ4n) is 3.28. The third-order valence-electron chi connectivity index (χ3n) is 4.90. The SMILES string of the molecule is CCCn1nc(C(=O)NNC(=O)c2ccc(CNC(=O)NC(C)C)cc2)c2ccccc2c1=O. The highest BCUT2D eigenvalue weighted by molar-refractivity contribution is 6.06. The maximum Gasteiger partial charge on any atom is 0.315 e. The smallest absolute Gasteiger partial charge is 0.315 e. The first-order valence-electron chi connectivity index (χ1n) is 11.0. The Balaban J connectivity index is 1.66. The number of hydrazine groups is 1. The molecule has 3 aromatic rings. The largest absolute Gasteiger partial charge is 0.336 e. The van der Waals surface area contributed by atoms with E-state index in [-0.39, 0.29) is 23.3 Å². The Bertz CT molecular complexity index is 1250. The number of fused-ring (bicyclic) bond motifs is 1. The molecule has 1 aromatic heterocycles. The molecule has 34 heavy (non-hydrogen) atoms. The average molecular weight is 465 g/mol. The highest BCUT2D eigenvalue weighted by Gasteiger charge is 2.17. The number of carbonyl (C=O) groups is 3. The summed E-state index contributed by atoms with van der Waals surface area (Å²) in [4.78, 5) is 49.5. The number of hydrogen-bond donors (Lipinski definition) is 4. The van der Waals surface area contributed by atoms with E-state index in [2.05, 4.69) is 26.6 Å². The van der Waals surface area contributed by atoms with Gasteiger partial charge in [0.05, 0.1) is 5.39 Å². The summed E-state index contributed by atoms with van der Waals surface area (Å²) in [6, 6.07) is 13.1. The number of amides is 4. The molecule has 0 spiro atoms. The number of carbonyl (C=O) groups excluding carboxylic acids is 3. The zero-order chi connectivity index (χ0) is 24.7.